The van der Waals surface area contributed by atoms with E-state index in [4.69, 9.17) is 4.42 Å². The van der Waals surface area contributed by atoms with Gasteiger partial charge < -0.3 is 4.42 Å². The van der Waals surface area contributed by atoms with E-state index < -0.39 is 0 Å². The molecule has 1 nitrogen and oxygen atoms in total. The van der Waals surface area contributed by atoms with Crippen LogP contribution in [0.1, 0.15) is 0 Å². The van der Waals surface area contributed by atoms with E-state index in [0.29, 0.717) is 0 Å². The van der Waals surface area contributed by atoms with Crippen LogP contribution in [0.3, 0.4) is 0 Å². The molecule has 0 aliphatic heterocycles. The van der Waals surface area contributed by atoms with Crippen LogP contribution in [-0.4, -0.2) is 0 Å². The highest BCUT2D eigenvalue weighted by Crippen LogP contribution is 2.49. The van der Waals surface area contributed by atoms with Gasteiger partial charge in [0.15, 0.2) is 0 Å². The molecule has 12 aromatic rings. The summed E-state index contributed by atoms with van der Waals surface area (Å²) in [5, 5.41) is 20.0. The maximum atomic E-state index is 6.58. The zero-order chi connectivity index (χ0) is 34.6. The molecule has 0 fully saturated rings. The predicted octanol–water partition coefficient (Wildman–Crippen LogP) is 15.0. The minimum Gasteiger partial charge on any atom is -0.456 e. The lowest BCUT2D eigenvalue weighted by Gasteiger charge is -2.20. The Morgan fingerprint density at radius 2 is 0.679 bits per heavy atom. The third-order valence-corrected chi connectivity index (χ3v) is 11.6. The monoisotopic (exact) mass is 670 g/mol. The molecular formula is C52H30O. The maximum absolute atomic E-state index is 6.58. The lowest BCUT2D eigenvalue weighted by molar-refractivity contribution is 0.669. The van der Waals surface area contributed by atoms with Crippen molar-refractivity contribution in [3.05, 3.63) is 182 Å². The van der Waals surface area contributed by atoms with Crippen molar-refractivity contribution in [2.75, 3.05) is 0 Å². The Kier molecular flexibility index (Phi) is 5.84. The Balaban J connectivity index is 1.21. The molecule has 0 aliphatic rings. The molecule has 0 radical (unpaired) electrons. The molecule has 53 heavy (non-hydrogen) atoms. The molecule has 0 saturated heterocycles. The third-order valence-electron chi connectivity index (χ3n) is 11.6. The second-order valence-corrected chi connectivity index (χ2v) is 14.3. The van der Waals surface area contributed by atoms with E-state index in [-0.39, 0.29) is 0 Å². The van der Waals surface area contributed by atoms with Gasteiger partial charge in [0, 0.05) is 10.8 Å². The summed E-state index contributed by atoms with van der Waals surface area (Å²) in [6, 6.07) is 66.8. The maximum Gasteiger partial charge on any atom is 0.136 e. The zero-order valence-electron chi connectivity index (χ0n) is 28.7. The standard InChI is InChI=1S/C52H30O/c1-2-14-32-30-48-46(29-31(32)13-1)52-45(25-12-26-47(52)53-48)51-42-21-9-7-19-40(42)50(41-20-8-10-22-43(41)51)39-24-11-23-38-36(39)27-28-44-35-17-4-3-15-33(35)34-16-5-6-18-37(34)49(38)44/h1-30H. The van der Waals surface area contributed by atoms with Crippen molar-refractivity contribution in [2.24, 2.45) is 0 Å². The highest BCUT2D eigenvalue weighted by Gasteiger charge is 2.22. The molecule has 0 aliphatic carbocycles. The molecule has 0 saturated carbocycles. The second kappa shape index (κ2) is 10.8. The number of hydrogen-bond acceptors (Lipinski definition) is 1. The van der Waals surface area contributed by atoms with Gasteiger partial charge in [-0.15, -0.1) is 0 Å². The number of hydrogen-bond donors (Lipinski definition) is 0. The fourth-order valence-corrected chi connectivity index (χ4v) is 9.41. The van der Waals surface area contributed by atoms with Crippen molar-refractivity contribution in [3.63, 3.8) is 0 Å². The average molecular weight is 671 g/mol. The van der Waals surface area contributed by atoms with E-state index in [1.807, 2.05) is 0 Å². The quantitative estimate of drug-likeness (QED) is 0.132. The summed E-state index contributed by atoms with van der Waals surface area (Å²) >= 11 is 0. The number of fused-ring (bicyclic) bond motifs is 14. The number of benzene rings is 11. The Morgan fingerprint density at radius 1 is 0.245 bits per heavy atom. The van der Waals surface area contributed by atoms with Gasteiger partial charge in [0.2, 0.25) is 0 Å². The van der Waals surface area contributed by atoms with Crippen molar-refractivity contribution in [3.8, 4) is 22.3 Å². The van der Waals surface area contributed by atoms with Gasteiger partial charge in [0.05, 0.1) is 0 Å². The fraction of sp³-hybridized carbons (Fsp3) is 0. The zero-order valence-corrected chi connectivity index (χ0v) is 28.7. The lowest BCUT2D eigenvalue weighted by Crippen LogP contribution is -1.92. The van der Waals surface area contributed by atoms with Crippen LogP contribution in [-0.2, 0) is 0 Å². The highest BCUT2D eigenvalue weighted by molar-refractivity contribution is 6.33. The fourth-order valence-electron chi connectivity index (χ4n) is 9.41. The normalized spacial score (nSPS) is 12.2. The number of furan rings is 1. The Hall–Kier alpha value is -6.96. The van der Waals surface area contributed by atoms with Gasteiger partial charge in [-0.3, -0.25) is 0 Å². The summed E-state index contributed by atoms with van der Waals surface area (Å²) in [6.45, 7) is 0. The average Bonchev–Trinajstić information content (AvgIpc) is 3.59. The van der Waals surface area contributed by atoms with Crippen LogP contribution in [0.4, 0.5) is 0 Å². The van der Waals surface area contributed by atoms with Crippen molar-refractivity contribution >= 4 is 97.3 Å². The predicted molar refractivity (Wildman–Crippen MR) is 227 cm³/mol. The molecule has 12 rings (SSSR count). The first-order valence-corrected chi connectivity index (χ1v) is 18.3. The van der Waals surface area contributed by atoms with E-state index in [1.54, 1.807) is 0 Å². The molecule has 0 atom stereocenters. The van der Waals surface area contributed by atoms with Crippen LogP contribution >= 0.6 is 0 Å². The van der Waals surface area contributed by atoms with Gasteiger partial charge in [-0.05, 0) is 116 Å². The first-order chi connectivity index (χ1) is 26.3. The SMILES string of the molecule is c1ccc2cc3c(cc2c1)oc1cccc(-c2c4ccccc4c(-c4cccc5c4ccc4c6ccccc6c6ccccc6c54)c4ccccc24)c13. The molecular weight excluding hydrogens is 641 g/mol. The Bertz CT molecular complexity index is 3420. The smallest absolute Gasteiger partial charge is 0.136 e. The van der Waals surface area contributed by atoms with Crippen molar-refractivity contribution in [2.45, 2.75) is 0 Å². The van der Waals surface area contributed by atoms with Gasteiger partial charge >= 0.3 is 0 Å². The summed E-state index contributed by atoms with van der Waals surface area (Å²) < 4.78 is 6.58. The van der Waals surface area contributed by atoms with Gasteiger partial charge in [0.1, 0.15) is 11.2 Å². The van der Waals surface area contributed by atoms with E-state index >= 15 is 0 Å². The van der Waals surface area contributed by atoms with Crippen molar-refractivity contribution in [1.82, 2.24) is 0 Å². The molecule has 0 spiro atoms. The van der Waals surface area contributed by atoms with Gasteiger partial charge in [0.25, 0.3) is 0 Å². The molecule has 0 unspecified atom stereocenters. The first kappa shape index (κ1) is 28.7. The highest BCUT2D eigenvalue weighted by atomic mass is 16.3. The molecule has 1 heteroatoms. The molecule has 11 aromatic carbocycles. The van der Waals surface area contributed by atoms with Crippen LogP contribution in [0, 0.1) is 0 Å². The molecule has 244 valence electrons. The number of rotatable bonds is 2. The van der Waals surface area contributed by atoms with Crippen LogP contribution in [0.5, 0.6) is 0 Å². The molecule has 1 heterocycles. The Morgan fingerprint density at radius 3 is 1.34 bits per heavy atom. The minimum atomic E-state index is 0.908. The summed E-state index contributed by atoms with van der Waals surface area (Å²) in [5.41, 5.74) is 6.77. The van der Waals surface area contributed by atoms with E-state index in [2.05, 4.69) is 182 Å². The molecule has 1 aromatic heterocycles. The minimum absolute atomic E-state index is 0.908. The largest absolute Gasteiger partial charge is 0.456 e. The summed E-state index contributed by atoms with van der Waals surface area (Å²) in [6.07, 6.45) is 0. The van der Waals surface area contributed by atoms with Crippen LogP contribution < -0.4 is 0 Å². The van der Waals surface area contributed by atoms with Gasteiger partial charge in [-0.1, -0.05) is 164 Å². The van der Waals surface area contributed by atoms with E-state index in [9.17, 15) is 0 Å². The first-order valence-electron chi connectivity index (χ1n) is 18.3. The summed E-state index contributed by atoms with van der Waals surface area (Å²) in [4.78, 5) is 0. The van der Waals surface area contributed by atoms with Crippen LogP contribution in [0.2, 0.25) is 0 Å². The second-order valence-electron chi connectivity index (χ2n) is 14.3. The molecule has 0 bridgehead atoms. The van der Waals surface area contributed by atoms with Gasteiger partial charge in [-0.2, -0.15) is 0 Å². The third kappa shape index (κ3) is 3.97. The Labute approximate surface area is 304 Å². The van der Waals surface area contributed by atoms with Crippen LogP contribution in [0.25, 0.3) is 120 Å². The lowest BCUT2D eigenvalue weighted by atomic mass is 9.83. The van der Waals surface area contributed by atoms with E-state index in [1.165, 1.54) is 97.7 Å². The molecule has 0 amide bonds. The van der Waals surface area contributed by atoms with Crippen molar-refractivity contribution < 1.29 is 4.42 Å². The topological polar surface area (TPSA) is 13.1 Å². The molecule has 0 N–H and O–H groups in total. The van der Waals surface area contributed by atoms with Gasteiger partial charge in [-0.25, -0.2) is 0 Å². The van der Waals surface area contributed by atoms with Crippen molar-refractivity contribution in [1.29, 1.82) is 0 Å². The van der Waals surface area contributed by atoms with E-state index in [0.717, 1.165) is 21.9 Å². The summed E-state index contributed by atoms with van der Waals surface area (Å²) in [5.74, 6) is 0. The summed E-state index contributed by atoms with van der Waals surface area (Å²) in [7, 11) is 0. The van der Waals surface area contributed by atoms with Crippen LogP contribution in [0.15, 0.2) is 186 Å².